The van der Waals surface area contributed by atoms with Crippen LogP contribution >= 0.6 is 24.2 Å². The van der Waals surface area contributed by atoms with E-state index in [1.807, 2.05) is 5.01 Å². The molecular weight excluding hydrogens is 256 g/mol. The first-order valence-corrected chi connectivity index (χ1v) is 6.54. The molecule has 1 aliphatic heterocycles. The highest BCUT2D eigenvalue weighted by Gasteiger charge is 2.16. The highest BCUT2D eigenvalue weighted by molar-refractivity contribution is 7.80. The van der Waals surface area contributed by atoms with Crippen LogP contribution in [0.1, 0.15) is 29.6 Å². The summed E-state index contributed by atoms with van der Waals surface area (Å²) < 4.78 is 0. The Bertz CT molecular complexity index is 419. The Morgan fingerprint density at radius 3 is 2.71 bits per heavy atom. The molecule has 0 bridgehead atoms. The van der Waals surface area contributed by atoms with Gasteiger partial charge in [-0.15, -0.1) is 12.6 Å². The minimum absolute atomic E-state index is 0.159. The summed E-state index contributed by atoms with van der Waals surface area (Å²) in [7, 11) is 0. The Hall–Kier alpha value is -0.710. The molecule has 2 rings (SSSR count). The number of carbonyl (C=O) groups is 1. The van der Waals surface area contributed by atoms with Gasteiger partial charge in [0.05, 0.1) is 10.6 Å². The second kappa shape index (κ2) is 5.76. The van der Waals surface area contributed by atoms with Gasteiger partial charge in [0.15, 0.2) is 0 Å². The van der Waals surface area contributed by atoms with Gasteiger partial charge >= 0.3 is 0 Å². The van der Waals surface area contributed by atoms with Crippen LogP contribution in [0.3, 0.4) is 0 Å². The number of thiol groups is 1. The Labute approximate surface area is 112 Å². The number of carbonyl (C=O) groups excluding carboxylic acids is 1. The van der Waals surface area contributed by atoms with Gasteiger partial charge in [0, 0.05) is 18.0 Å². The van der Waals surface area contributed by atoms with Gasteiger partial charge < -0.3 is 0 Å². The highest BCUT2D eigenvalue weighted by Crippen LogP contribution is 2.19. The van der Waals surface area contributed by atoms with Crippen LogP contribution in [0.15, 0.2) is 23.1 Å². The normalized spacial score (nSPS) is 16.8. The van der Waals surface area contributed by atoms with Crippen LogP contribution < -0.4 is 5.43 Å². The fourth-order valence-corrected chi connectivity index (χ4v) is 2.30. The molecule has 1 heterocycles. The molecule has 17 heavy (non-hydrogen) atoms. The van der Waals surface area contributed by atoms with Crippen molar-refractivity contribution in [2.45, 2.75) is 24.2 Å². The molecule has 1 amide bonds. The van der Waals surface area contributed by atoms with Crippen LogP contribution in [0.4, 0.5) is 0 Å². The zero-order chi connectivity index (χ0) is 12.3. The summed E-state index contributed by atoms with van der Waals surface area (Å²) in [6.45, 7) is 1.81. The number of hydrogen-bond acceptors (Lipinski definition) is 3. The number of nitrogens with zero attached hydrogens (tertiary/aromatic N) is 1. The monoisotopic (exact) mass is 270 g/mol. The summed E-state index contributed by atoms with van der Waals surface area (Å²) in [6, 6.07) is 5.14. The summed E-state index contributed by atoms with van der Waals surface area (Å²) in [6.07, 6.45) is 3.49. The Kier molecular flexibility index (Phi) is 4.31. The predicted octanol–water partition coefficient (Wildman–Crippen LogP) is 2.76. The Morgan fingerprint density at radius 1 is 1.29 bits per heavy atom. The molecule has 0 atom stereocenters. The first kappa shape index (κ1) is 12.7. The van der Waals surface area contributed by atoms with Crippen molar-refractivity contribution >= 4 is 30.1 Å². The molecule has 0 aliphatic carbocycles. The molecule has 0 radical (unpaired) electrons. The number of halogens is 1. The van der Waals surface area contributed by atoms with Gasteiger partial charge in [0.25, 0.3) is 5.91 Å². The third-order valence-electron chi connectivity index (χ3n) is 2.81. The number of amides is 1. The van der Waals surface area contributed by atoms with Gasteiger partial charge in [0.2, 0.25) is 0 Å². The Balaban J connectivity index is 2.05. The van der Waals surface area contributed by atoms with E-state index in [9.17, 15) is 4.79 Å². The average molecular weight is 271 g/mol. The molecule has 0 unspecified atom stereocenters. The van der Waals surface area contributed by atoms with Crippen molar-refractivity contribution < 1.29 is 4.79 Å². The second-order valence-electron chi connectivity index (χ2n) is 4.15. The van der Waals surface area contributed by atoms with Crippen molar-refractivity contribution in [1.82, 2.24) is 10.4 Å². The summed E-state index contributed by atoms with van der Waals surface area (Å²) in [5, 5.41) is 2.41. The third-order valence-corrected chi connectivity index (χ3v) is 3.42. The van der Waals surface area contributed by atoms with Gasteiger partial charge in [-0.25, -0.2) is 5.01 Å². The summed E-state index contributed by atoms with van der Waals surface area (Å²) in [4.78, 5) is 12.7. The van der Waals surface area contributed by atoms with Crippen LogP contribution in [0.2, 0.25) is 5.02 Å². The molecule has 3 nitrogen and oxygen atoms in total. The van der Waals surface area contributed by atoms with E-state index in [2.05, 4.69) is 18.1 Å². The fourth-order valence-electron chi connectivity index (χ4n) is 1.90. The number of hydrazine groups is 1. The maximum atomic E-state index is 12.0. The molecule has 1 aromatic carbocycles. The molecule has 0 spiro atoms. The SMILES string of the molecule is O=C(NN1CCCCC1)c1cc(S)ccc1Cl. The lowest BCUT2D eigenvalue weighted by Gasteiger charge is -2.26. The van der Waals surface area contributed by atoms with E-state index < -0.39 is 0 Å². The van der Waals surface area contributed by atoms with Gasteiger partial charge in [-0.05, 0) is 31.0 Å². The molecule has 0 saturated carbocycles. The highest BCUT2D eigenvalue weighted by atomic mass is 35.5. The molecule has 1 aromatic rings. The quantitative estimate of drug-likeness (QED) is 0.810. The van der Waals surface area contributed by atoms with Gasteiger partial charge in [0.1, 0.15) is 0 Å². The minimum Gasteiger partial charge on any atom is -0.285 e. The molecule has 5 heteroatoms. The van der Waals surface area contributed by atoms with E-state index >= 15 is 0 Å². The van der Waals surface area contributed by atoms with E-state index in [0.717, 1.165) is 30.8 Å². The number of piperidine rings is 1. The summed E-state index contributed by atoms with van der Waals surface area (Å²) in [5.74, 6) is -0.159. The first-order valence-electron chi connectivity index (χ1n) is 5.71. The maximum absolute atomic E-state index is 12.0. The van der Waals surface area contributed by atoms with Crippen molar-refractivity contribution in [3.05, 3.63) is 28.8 Å². The molecular formula is C12H15ClN2OS. The van der Waals surface area contributed by atoms with E-state index in [1.165, 1.54) is 6.42 Å². The predicted molar refractivity (Wildman–Crippen MR) is 71.6 cm³/mol. The van der Waals surface area contributed by atoms with Crippen LogP contribution in [0.25, 0.3) is 0 Å². The van der Waals surface area contributed by atoms with Crippen LogP contribution in [-0.2, 0) is 0 Å². The van der Waals surface area contributed by atoms with E-state index in [-0.39, 0.29) is 5.91 Å². The Morgan fingerprint density at radius 2 is 2.00 bits per heavy atom. The van der Waals surface area contributed by atoms with Crippen molar-refractivity contribution in [2.24, 2.45) is 0 Å². The number of hydrogen-bond donors (Lipinski definition) is 2. The number of nitrogens with one attached hydrogen (secondary N) is 1. The molecule has 1 aliphatic rings. The maximum Gasteiger partial charge on any atom is 0.267 e. The lowest BCUT2D eigenvalue weighted by Crippen LogP contribution is -2.45. The molecule has 0 aromatic heterocycles. The zero-order valence-electron chi connectivity index (χ0n) is 9.45. The van der Waals surface area contributed by atoms with Crippen molar-refractivity contribution in [1.29, 1.82) is 0 Å². The van der Waals surface area contributed by atoms with Crippen LogP contribution in [-0.4, -0.2) is 24.0 Å². The van der Waals surface area contributed by atoms with Crippen molar-refractivity contribution in [3.8, 4) is 0 Å². The van der Waals surface area contributed by atoms with Gasteiger partial charge in [-0.1, -0.05) is 18.0 Å². The number of benzene rings is 1. The van der Waals surface area contributed by atoms with Crippen molar-refractivity contribution in [2.75, 3.05) is 13.1 Å². The average Bonchev–Trinajstić information content (AvgIpc) is 2.33. The second-order valence-corrected chi connectivity index (χ2v) is 5.08. The first-order chi connectivity index (χ1) is 8.16. The molecule has 1 fully saturated rings. The summed E-state index contributed by atoms with van der Waals surface area (Å²) in [5.41, 5.74) is 3.36. The van der Waals surface area contributed by atoms with Gasteiger partial charge in [-0.3, -0.25) is 10.2 Å². The molecule has 1 saturated heterocycles. The van der Waals surface area contributed by atoms with Crippen molar-refractivity contribution in [3.63, 3.8) is 0 Å². The minimum atomic E-state index is -0.159. The van der Waals surface area contributed by atoms with E-state index in [0.29, 0.717) is 10.6 Å². The smallest absolute Gasteiger partial charge is 0.267 e. The molecule has 92 valence electrons. The number of rotatable bonds is 2. The van der Waals surface area contributed by atoms with Crippen LogP contribution in [0.5, 0.6) is 0 Å². The topological polar surface area (TPSA) is 32.3 Å². The summed E-state index contributed by atoms with van der Waals surface area (Å²) >= 11 is 10.2. The zero-order valence-corrected chi connectivity index (χ0v) is 11.1. The van der Waals surface area contributed by atoms with Gasteiger partial charge in [-0.2, -0.15) is 0 Å². The fraction of sp³-hybridized carbons (Fsp3) is 0.417. The lowest BCUT2D eigenvalue weighted by molar-refractivity contribution is 0.0750. The lowest BCUT2D eigenvalue weighted by atomic mass is 10.1. The van der Waals surface area contributed by atoms with E-state index in [4.69, 9.17) is 11.6 Å². The third kappa shape index (κ3) is 3.37. The standard InChI is InChI=1S/C12H15ClN2OS/c13-11-5-4-9(17)8-10(11)12(16)14-15-6-2-1-3-7-15/h4-5,8,17H,1-3,6-7H2,(H,14,16). The molecule has 1 N–H and O–H groups in total. The van der Waals surface area contributed by atoms with Crippen LogP contribution in [0, 0.1) is 0 Å². The van der Waals surface area contributed by atoms with E-state index in [1.54, 1.807) is 18.2 Å². The largest absolute Gasteiger partial charge is 0.285 e.